The van der Waals surface area contributed by atoms with Gasteiger partial charge >= 0.3 is 6.09 Å². The fourth-order valence-corrected chi connectivity index (χ4v) is 2.77. The van der Waals surface area contributed by atoms with Crippen LogP contribution in [0.15, 0.2) is 12.3 Å². The second-order valence-corrected chi connectivity index (χ2v) is 7.29. The summed E-state index contributed by atoms with van der Waals surface area (Å²) in [4.78, 5) is 20.6. The Hall–Kier alpha value is -1.82. The molecule has 0 spiro atoms. The van der Waals surface area contributed by atoms with E-state index in [4.69, 9.17) is 4.74 Å². The number of rotatable bonds is 3. The van der Waals surface area contributed by atoms with E-state index in [-0.39, 0.29) is 6.09 Å². The maximum Gasteiger partial charge on any atom is 0.410 e. The molecule has 1 aliphatic rings. The number of aliphatic hydroxyl groups excluding tert-OH is 1. The number of piperazine rings is 1. The van der Waals surface area contributed by atoms with Crippen LogP contribution >= 0.6 is 0 Å². The molecule has 1 amide bonds. The number of anilines is 1. The van der Waals surface area contributed by atoms with E-state index in [1.165, 1.54) is 0 Å². The van der Waals surface area contributed by atoms with Gasteiger partial charge in [0.15, 0.2) is 0 Å². The minimum absolute atomic E-state index is 0.256. The van der Waals surface area contributed by atoms with Gasteiger partial charge < -0.3 is 19.6 Å². The quantitative estimate of drug-likeness (QED) is 0.920. The minimum Gasteiger partial charge on any atom is -0.444 e. The molecule has 0 aliphatic carbocycles. The van der Waals surface area contributed by atoms with E-state index in [1.54, 1.807) is 11.1 Å². The number of nitrogens with zero attached hydrogens (tertiary/aromatic N) is 3. The van der Waals surface area contributed by atoms with Crippen LogP contribution in [0.4, 0.5) is 10.6 Å². The zero-order chi connectivity index (χ0) is 17.9. The Morgan fingerprint density at radius 2 is 1.96 bits per heavy atom. The Morgan fingerprint density at radius 1 is 1.33 bits per heavy atom. The number of aliphatic hydroxyl groups is 1. The first-order valence-corrected chi connectivity index (χ1v) is 8.58. The van der Waals surface area contributed by atoms with Gasteiger partial charge in [-0.1, -0.05) is 6.92 Å². The number of carbonyl (C=O) groups excluding carboxylic acids is 1. The molecule has 1 aromatic heterocycles. The number of amides is 1. The van der Waals surface area contributed by atoms with E-state index in [0.717, 1.165) is 30.0 Å². The first-order chi connectivity index (χ1) is 11.2. The van der Waals surface area contributed by atoms with Crippen LogP contribution in [0, 0.1) is 6.92 Å². The molecule has 1 fully saturated rings. The molecular weight excluding hydrogens is 306 g/mol. The van der Waals surface area contributed by atoms with Crippen molar-refractivity contribution in [1.82, 2.24) is 9.88 Å². The Balaban J connectivity index is 1.98. The number of aromatic nitrogens is 1. The van der Waals surface area contributed by atoms with Crippen LogP contribution < -0.4 is 4.90 Å². The van der Waals surface area contributed by atoms with Gasteiger partial charge in [-0.05, 0) is 51.3 Å². The number of hydrogen-bond donors (Lipinski definition) is 1. The van der Waals surface area contributed by atoms with Gasteiger partial charge in [0.25, 0.3) is 0 Å². The Bertz CT molecular complexity index is 575. The molecule has 0 bridgehead atoms. The average molecular weight is 335 g/mol. The van der Waals surface area contributed by atoms with Crippen molar-refractivity contribution in [1.29, 1.82) is 0 Å². The molecule has 0 saturated carbocycles. The van der Waals surface area contributed by atoms with Crippen molar-refractivity contribution in [3.05, 3.63) is 23.4 Å². The predicted octanol–water partition coefficient (Wildman–Crippen LogP) is 2.89. The molecule has 1 N–H and O–H groups in total. The molecule has 0 aromatic carbocycles. The summed E-state index contributed by atoms with van der Waals surface area (Å²) in [6.07, 6.45) is 1.70. The van der Waals surface area contributed by atoms with Crippen molar-refractivity contribution >= 4 is 11.9 Å². The minimum atomic E-state index is -0.470. The van der Waals surface area contributed by atoms with Crippen LogP contribution in [0.3, 0.4) is 0 Å². The van der Waals surface area contributed by atoms with Crippen molar-refractivity contribution in [2.24, 2.45) is 0 Å². The summed E-state index contributed by atoms with van der Waals surface area (Å²) in [6.45, 7) is 12.3. The topological polar surface area (TPSA) is 65.9 Å². The molecule has 0 unspecified atom stereocenters. The zero-order valence-electron chi connectivity index (χ0n) is 15.4. The number of pyridine rings is 1. The maximum atomic E-state index is 12.1. The van der Waals surface area contributed by atoms with E-state index in [9.17, 15) is 9.90 Å². The third-order valence-electron chi connectivity index (χ3n) is 4.07. The third kappa shape index (κ3) is 4.60. The molecule has 1 aliphatic heterocycles. The fraction of sp³-hybridized carbons (Fsp3) is 0.667. The van der Waals surface area contributed by atoms with Gasteiger partial charge in [-0.3, -0.25) is 0 Å². The van der Waals surface area contributed by atoms with Gasteiger partial charge in [-0.25, -0.2) is 9.78 Å². The Morgan fingerprint density at radius 3 is 2.46 bits per heavy atom. The van der Waals surface area contributed by atoms with Crippen LogP contribution in [0.5, 0.6) is 0 Å². The summed E-state index contributed by atoms with van der Waals surface area (Å²) in [7, 11) is 0. The van der Waals surface area contributed by atoms with Crippen LogP contribution in [-0.4, -0.2) is 52.9 Å². The molecule has 0 radical (unpaired) electrons. The van der Waals surface area contributed by atoms with E-state index in [0.29, 0.717) is 19.5 Å². The molecule has 2 heterocycles. The lowest BCUT2D eigenvalue weighted by molar-refractivity contribution is 0.0240. The standard InChI is InChI=1S/C18H29N3O3/c1-6-15(22)14-11-13(2)16(19-12-14)20-7-9-21(10-8-20)17(23)24-18(3,4)5/h11-12,15,22H,6-10H2,1-5H3/t15-/m1/s1. The van der Waals surface area contributed by atoms with Crippen LogP contribution in [0.25, 0.3) is 0 Å². The molecule has 134 valence electrons. The van der Waals surface area contributed by atoms with E-state index in [1.807, 2.05) is 40.7 Å². The van der Waals surface area contributed by atoms with Crippen LogP contribution in [-0.2, 0) is 4.74 Å². The number of hydrogen-bond acceptors (Lipinski definition) is 5. The monoisotopic (exact) mass is 335 g/mol. The normalized spacial score (nSPS) is 16.9. The highest BCUT2D eigenvalue weighted by Gasteiger charge is 2.26. The third-order valence-corrected chi connectivity index (χ3v) is 4.07. The van der Waals surface area contributed by atoms with Gasteiger partial charge in [0.1, 0.15) is 11.4 Å². The summed E-state index contributed by atoms with van der Waals surface area (Å²) in [5.41, 5.74) is 1.43. The van der Waals surface area contributed by atoms with Crippen LogP contribution in [0.1, 0.15) is 51.3 Å². The van der Waals surface area contributed by atoms with E-state index >= 15 is 0 Å². The Labute approximate surface area is 144 Å². The molecule has 2 rings (SSSR count). The predicted molar refractivity (Wildman–Crippen MR) is 94.2 cm³/mol. The zero-order valence-corrected chi connectivity index (χ0v) is 15.4. The van der Waals surface area contributed by atoms with Gasteiger partial charge in [0.05, 0.1) is 6.10 Å². The summed E-state index contributed by atoms with van der Waals surface area (Å²) in [5, 5.41) is 9.93. The smallest absolute Gasteiger partial charge is 0.410 e. The molecule has 6 heteroatoms. The van der Waals surface area contributed by atoms with Crippen molar-refractivity contribution in [2.45, 2.75) is 52.7 Å². The first kappa shape index (κ1) is 18.5. The second kappa shape index (κ2) is 7.38. The molecule has 1 saturated heterocycles. The van der Waals surface area contributed by atoms with Crippen molar-refractivity contribution in [3.8, 4) is 0 Å². The summed E-state index contributed by atoms with van der Waals surface area (Å²) in [5.74, 6) is 0.922. The number of ether oxygens (including phenoxy) is 1. The van der Waals surface area contributed by atoms with Gasteiger partial charge in [0.2, 0.25) is 0 Å². The average Bonchev–Trinajstić information content (AvgIpc) is 2.52. The molecule has 1 atom stereocenters. The lowest BCUT2D eigenvalue weighted by Gasteiger charge is -2.36. The van der Waals surface area contributed by atoms with E-state index in [2.05, 4.69) is 9.88 Å². The van der Waals surface area contributed by atoms with Gasteiger partial charge in [-0.2, -0.15) is 0 Å². The SMILES string of the molecule is CC[C@@H](O)c1cnc(N2CCN(C(=O)OC(C)(C)C)CC2)c(C)c1. The first-order valence-electron chi connectivity index (χ1n) is 8.58. The van der Waals surface area contributed by atoms with Crippen LogP contribution in [0.2, 0.25) is 0 Å². The summed E-state index contributed by atoms with van der Waals surface area (Å²) >= 11 is 0. The highest BCUT2D eigenvalue weighted by atomic mass is 16.6. The molecule has 6 nitrogen and oxygen atoms in total. The summed E-state index contributed by atoms with van der Waals surface area (Å²) in [6, 6.07) is 2.00. The fourth-order valence-electron chi connectivity index (χ4n) is 2.77. The highest BCUT2D eigenvalue weighted by Crippen LogP contribution is 2.24. The maximum absolute atomic E-state index is 12.1. The molecular formula is C18H29N3O3. The molecule has 24 heavy (non-hydrogen) atoms. The van der Waals surface area contributed by atoms with Gasteiger partial charge in [-0.15, -0.1) is 0 Å². The van der Waals surface area contributed by atoms with Crippen molar-refractivity contribution in [3.63, 3.8) is 0 Å². The van der Waals surface area contributed by atoms with Crippen molar-refractivity contribution in [2.75, 3.05) is 31.1 Å². The molecule has 1 aromatic rings. The largest absolute Gasteiger partial charge is 0.444 e. The van der Waals surface area contributed by atoms with E-state index < -0.39 is 11.7 Å². The van der Waals surface area contributed by atoms with Gasteiger partial charge in [0, 0.05) is 32.4 Å². The number of aryl methyl sites for hydroxylation is 1. The Kier molecular flexibility index (Phi) is 5.70. The lowest BCUT2D eigenvalue weighted by atomic mass is 10.1. The van der Waals surface area contributed by atoms with Crippen molar-refractivity contribution < 1.29 is 14.6 Å². The highest BCUT2D eigenvalue weighted by molar-refractivity contribution is 5.68. The lowest BCUT2D eigenvalue weighted by Crippen LogP contribution is -2.50. The summed E-state index contributed by atoms with van der Waals surface area (Å²) < 4.78 is 5.42. The second-order valence-electron chi connectivity index (χ2n) is 7.29. The number of carbonyl (C=O) groups is 1.